The third-order valence-corrected chi connectivity index (χ3v) is 5.75. The van der Waals surface area contributed by atoms with E-state index < -0.39 is 53.5 Å². The second-order valence-electron chi connectivity index (χ2n) is 7.92. The molecule has 2 aliphatic heterocycles. The highest BCUT2D eigenvalue weighted by Gasteiger charge is 2.49. The number of likely N-dealkylation sites (tertiary alicyclic amines) is 1. The number of hydrogen-bond donors (Lipinski definition) is 5. The number of nitrogens with two attached hydrogens (primary N) is 2. The van der Waals surface area contributed by atoms with Gasteiger partial charge in [0.1, 0.15) is 6.04 Å². The molecular weight excluding hydrogens is 382 g/mol. The van der Waals surface area contributed by atoms with E-state index in [1.54, 1.807) is 0 Å². The molecule has 0 aromatic carbocycles. The van der Waals surface area contributed by atoms with Gasteiger partial charge in [-0.2, -0.15) is 0 Å². The van der Waals surface area contributed by atoms with Crippen molar-refractivity contribution in [3.05, 3.63) is 0 Å². The van der Waals surface area contributed by atoms with Crippen molar-refractivity contribution in [1.82, 2.24) is 15.1 Å². The Morgan fingerprint density at radius 1 is 1.21 bits per heavy atom. The van der Waals surface area contributed by atoms with Crippen LogP contribution in [0.4, 0.5) is 0 Å². The highest BCUT2D eigenvalue weighted by molar-refractivity contribution is 6.01. The van der Waals surface area contributed by atoms with Crippen LogP contribution in [0.5, 0.6) is 0 Å². The molecular formula is C18H31N5O6. The molecule has 6 atom stereocenters. The van der Waals surface area contributed by atoms with E-state index in [4.69, 9.17) is 11.5 Å². The van der Waals surface area contributed by atoms with Crippen LogP contribution < -0.4 is 16.8 Å². The Labute approximate surface area is 169 Å². The number of aliphatic hydroxyl groups excluding tert-OH is 2. The Kier molecular flexibility index (Phi) is 7.46. The molecule has 0 bridgehead atoms. The number of nitrogens with one attached hydrogen (secondary N) is 1. The number of aldehydes is 1. The van der Waals surface area contributed by atoms with Crippen molar-refractivity contribution in [3.8, 4) is 0 Å². The van der Waals surface area contributed by atoms with Gasteiger partial charge in [0.25, 0.3) is 0 Å². The first-order chi connectivity index (χ1) is 13.5. The van der Waals surface area contributed by atoms with E-state index >= 15 is 0 Å². The van der Waals surface area contributed by atoms with Crippen molar-refractivity contribution in [2.75, 3.05) is 26.2 Å². The van der Waals surface area contributed by atoms with Crippen molar-refractivity contribution in [2.45, 2.75) is 50.6 Å². The Balaban J connectivity index is 2.25. The van der Waals surface area contributed by atoms with Crippen LogP contribution in [0.2, 0.25) is 0 Å². The molecule has 11 nitrogen and oxygen atoms in total. The first-order valence-electron chi connectivity index (χ1n) is 9.78. The molecule has 0 radical (unpaired) electrons. The van der Waals surface area contributed by atoms with E-state index in [1.165, 1.54) is 18.7 Å². The second kappa shape index (κ2) is 9.26. The summed E-state index contributed by atoms with van der Waals surface area (Å²) in [5.41, 5.74) is 9.50. The van der Waals surface area contributed by atoms with Gasteiger partial charge in [-0.3, -0.25) is 29.8 Å². The molecule has 164 valence electrons. The summed E-state index contributed by atoms with van der Waals surface area (Å²) in [5.74, 6) is -3.15. The Morgan fingerprint density at radius 2 is 1.83 bits per heavy atom. The molecule has 2 heterocycles. The summed E-state index contributed by atoms with van der Waals surface area (Å²) in [6.07, 6.45) is -1.59. The van der Waals surface area contributed by atoms with Gasteiger partial charge in [-0.15, -0.1) is 0 Å². The molecule has 2 fully saturated rings. The van der Waals surface area contributed by atoms with Gasteiger partial charge in [-0.25, -0.2) is 0 Å². The molecule has 2 aliphatic rings. The highest BCUT2D eigenvalue weighted by atomic mass is 16.3. The number of hydrogen-bond acceptors (Lipinski definition) is 9. The first kappa shape index (κ1) is 23.4. The SMILES string of the molecule is C[C@@H](O)[C@H](N)C(=O)N1CC[C@H](C(=O)N(C(=O)[C@@H]2CCNC2)[C@](N)(C=O)[C@@H](C)O)C1. The average molecular weight is 413 g/mol. The summed E-state index contributed by atoms with van der Waals surface area (Å²) in [4.78, 5) is 52.4. The van der Waals surface area contributed by atoms with Crippen molar-refractivity contribution in [2.24, 2.45) is 23.3 Å². The van der Waals surface area contributed by atoms with Crippen LogP contribution >= 0.6 is 0 Å². The van der Waals surface area contributed by atoms with Crippen LogP contribution in [0.1, 0.15) is 26.7 Å². The topological polar surface area (TPSA) is 179 Å². The fourth-order valence-electron chi connectivity index (χ4n) is 3.64. The average Bonchev–Trinajstić information content (AvgIpc) is 3.38. The summed E-state index contributed by atoms with van der Waals surface area (Å²) in [5, 5.41) is 22.6. The zero-order valence-electron chi connectivity index (χ0n) is 16.8. The molecule has 0 aliphatic carbocycles. The van der Waals surface area contributed by atoms with E-state index in [2.05, 4.69) is 5.32 Å². The molecule has 3 amide bonds. The van der Waals surface area contributed by atoms with Gasteiger partial charge in [0.05, 0.1) is 24.0 Å². The van der Waals surface area contributed by atoms with Gasteiger partial charge in [0.15, 0.2) is 11.9 Å². The largest absolute Gasteiger partial charge is 0.391 e. The first-order valence-corrected chi connectivity index (χ1v) is 9.78. The molecule has 0 spiro atoms. The molecule has 11 heteroatoms. The molecule has 7 N–H and O–H groups in total. The number of carbonyl (C=O) groups is 4. The number of nitrogens with zero attached hydrogens (tertiary/aromatic N) is 2. The lowest BCUT2D eigenvalue weighted by atomic mass is 9.96. The number of aliphatic hydroxyl groups is 2. The maximum absolute atomic E-state index is 13.2. The molecule has 0 unspecified atom stereocenters. The standard InChI is InChI=1S/C18H31N5O6/c1-10(25)14(19)17(29)22-6-4-13(8-22)16(28)23(18(20,9-24)11(2)26)15(27)12-3-5-21-7-12/h9-14,21,25-26H,3-8,19-20H2,1-2H3/t10-,11-,12-,13+,14+,18-/m1/s1. The number of carbonyl (C=O) groups excluding carboxylic acids is 4. The maximum atomic E-state index is 13.2. The predicted octanol–water partition coefficient (Wildman–Crippen LogP) is -3.26. The van der Waals surface area contributed by atoms with Gasteiger partial charge >= 0.3 is 0 Å². The summed E-state index contributed by atoms with van der Waals surface area (Å²) in [7, 11) is 0. The zero-order valence-corrected chi connectivity index (χ0v) is 16.8. The van der Waals surface area contributed by atoms with Crippen molar-refractivity contribution in [1.29, 1.82) is 0 Å². The van der Waals surface area contributed by atoms with Crippen LogP contribution in [0.3, 0.4) is 0 Å². The lowest BCUT2D eigenvalue weighted by molar-refractivity contribution is -0.164. The third-order valence-electron chi connectivity index (χ3n) is 5.75. The van der Waals surface area contributed by atoms with Gasteiger partial charge < -0.3 is 26.2 Å². The summed E-state index contributed by atoms with van der Waals surface area (Å²) in [6, 6.07) is -1.12. The minimum absolute atomic E-state index is 0.0144. The minimum atomic E-state index is -2.20. The van der Waals surface area contributed by atoms with E-state index in [-0.39, 0.29) is 25.8 Å². The number of imide groups is 1. The Bertz CT molecular complexity index is 651. The number of amides is 3. The quantitative estimate of drug-likeness (QED) is 0.163. The normalized spacial score (nSPS) is 27.0. The molecule has 0 aromatic rings. The minimum Gasteiger partial charge on any atom is -0.391 e. The zero-order chi connectivity index (χ0) is 21.9. The van der Waals surface area contributed by atoms with Crippen LogP contribution in [-0.4, -0.2) is 94.1 Å². The Hall–Kier alpha value is -1.92. The summed E-state index contributed by atoms with van der Waals surface area (Å²) in [6.45, 7) is 3.77. The summed E-state index contributed by atoms with van der Waals surface area (Å²) >= 11 is 0. The fourth-order valence-corrected chi connectivity index (χ4v) is 3.64. The van der Waals surface area contributed by atoms with Crippen LogP contribution in [0.15, 0.2) is 0 Å². The van der Waals surface area contributed by atoms with E-state index in [9.17, 15) is 29.4 Å². The smallest absolute Gasteiger partial charge is 0.242 e. The van der Waals surface area contributed by atoms with E-state index in [1.807, 2.05) is 0 Å². The lowest BCUT2D eigenvalue weighted by Gasteiger charge is -2.39. The predicted molar refractivity (Wildman–Crippen MR) is 102 cm³/mol. The van der Waals surface area contributed by atoms with Crippen molar-refractivity contribution >= 4 is 24.0 Å². The highest BCUT2D eigenvalue weighted by Crippen LogP contribution is 2.26. The van der Waals surface area contributed by atoms with Gasteiger partial charge in [0.2, 0.25) is 17.7 Å². The Morgan fingerprint density at radius 3 is 2.31 bits per heavy atom. The summed E-state index contributed by atoms with van der Waals surface area (Å²) < 4.78 is 0. The van der Waals surface area contributed by atoms with Crippen LogP contribution in [0.25, 0.3) is 0 Å². The van der Waals surface area contributed by atoms with E-state index in [0.29, 0.717) is 24.4 Å². The number of rotatable bonds is 7. The molecule has 0 saturated carbocycles. The maximum Gasteiger partial charge on any atom is 0.242 e. The molecule has 0 aromatic heterocycles. The van der Waals surface area contributed by atoms with Crippen LogP contribution in [-0.2, 0) is 19.2 Å². The third kappa shape index (κ3) is 4.64. The van der Waals surface area contributed by atoms with Crippen LogP contribution in [0, 0.1) is 11.8 Å². The van der Waals surface area contributed by atoms with Crippen molar-refractivity contribution < 1.29 is 29.4 Å². The molecule has 2 rings (SSSR count). The lowest BCUT2D eigenvalue weighted by Crippen LogP contribution is -2.69. The molecule has 2 saturated heterocycles. The van der Waals surface area contributed by atoms with Crippen molar-refractivity contribution in [3.63, 3.8) is 0 Å². The van der Waals surface area contributed by atoms with Gasteiger partial charge in [-0.05, 0) is 33.2 Å². The monoisotopic (exact) mass is 413 g/mol. The second-order valence-corrected chi connectivity index (χ2v) is 7.92. The fraction of sp³-hybridized carbons (Fsp3) is 0.778. The molecule has 29 heavy (non-hydrogen) atoms. The van der Waals surface area contributed by atoms with Gasteiger partial charge in [0, 0.05) is 19.6 Å². The van der Waals surface area contributed by atoms with Gasteiger partial charge in [-0.1, -0.05) is 0 Å². The van der Waals surface area contributed by atoms with E-state index in [0.717, 1.165) is 0 Å².